The average Bonchev–Trinajstić information content (AvgIpc) is 2.69. The first-order valence-corrected chi connectivity index (χ1v) is 8.18. The molecule has 20 heavy (non-hydrogen) atoms. The van der Waals surface area contributed by atoms with Crippen LogP contribution < -0.4 is 10.2 Å². The molecule has 1 aliphatic rings. The molecule has 0 aromatic carbocycles. The van der Waals surface area contributed by atoms with Crippen LogP contribution in [0.1, 0.15) is 51.3 Å². The first-order chi connectivity index (χ1) is 9.72. The molecule has 0 spiro atoms. The molecule has 1 aromatic rings. The molecule has 0 saturated carbocycles. The third-order valence-corrected chi connectivity index (χ3v) is 4.21. The normalized spacial score (nSPS) is 19.9. The van der Waals surface area contributed by atoms with Crippen molar-refractivity contribution in [3.63, 3.8) is 0 Å². The highest BCUT2D eigenvalue weighted by Crippen LogP contribution is 2.22. The highest BCUT2D eigenvalue weighted by Gasteiger charge is 2.16. The van der Waals surface area contributed by atoms with Crippen LogP contribution in [-0.4, -0.2) is 24.6 Å². The maximum absolute atomic E-state index is 4.85. The maximum atomic E-state index is 4.85. The van der Waals surface area contributed by atoms with E-state index >= 15 is 0 Å². The van der Waals surface area contributed by atoms with Gasteiger partial charge in [-0.25, -0.2) is 4.98 Å². The largest absolute Gasteiger partial charge is 0.357 e. The standard InChI is InChI=1S/C17H29N3/c1-4-16-11-15(13-18-5-2)12-17(19-16)20-9-6-7-14(3)8-10-20/h11-12,14,18H,4-10,13H2,1-3H3. The number of nitrogens with one attached hydrogen (secondary N) is 1. The van der Waals surface area contributed by atoms with Gasteiger partial charge in [0.2, 0.25) is 0 Å². The van der Waals surface area contributed by atoms with Crippen molar-refractivity contribution in [1.82, 2.24) is 10.3 Å². The van der Waals surface area contributed by atoms with Gasteiger partial charge in [-0.05, 0) is 55.8 Å². The number of aromatic nitrogens is 1. The minimum Gasteiger partial charge on any atom is -0.357 e. The maximum Gasteiger partial charge on any atom is 0.129 e. The summed E-state index contributed by atoms with van der Waals surface area (Å²) in [5.41, 5.74) is 2.58. The fraction of sp³-hybridized carbons (Fsp3) is 0.706. The van der Waals surface area contributed by atoms with Crippen LogP contribution in [0.2, 0.25) is 0 Å². The van der Waals surface area contributed by atoms with Gasteiger partial charge in [-0.15, -0.1) is 0 Å². The summed E-state index contributed by atoms with van der Waals surface area (Å²) in [4.78, 5) is 7.33. The fourth-order valence-corrected chi connectivity index (χ4v) is 2.84. The summed E-state index contributed by atoms with van der Waals surface area (Å²) in [6, 6.07) is 4.52. The van der Waals surface area contributed by atoms with E-state index in [1.54, 1.807) is 0 Å². The van der Waals surface area contributed by atoms with Crippen LogP contribution in [0, 0.1) is 5.92 Å². The second kappa shape index (κ2) is 7.63. The molecular weight excluding hydrogens is 246 g/mol. The van der Waals surface area contributed by atoms with E-state index in [2.05, 4.69) is 43.1 Å². The van der Waals surface area contributed by atoms with E-state index in [-0.39, 0.29) is 0 Å². The van der Waals surface area contributed by atoms with Crippen LogP contribution >= 0.6 is 0 Å². The van der Waals surface area contributed by atoms with Crippen molar-refractivity contribution in [1.29, 1.82) is 0 Å². The molecule has 1 saturated heterocycles. The van der Waals surface area contributed by atoms with Crippen molar-refractivity contribution in [2.24, 2.45) is 5.92 Å². The molecule has 1 fully saturated rings. The minimum atomic E-state index is 0.857. The lowest BCUT2D eigenvalue weighted by atomic mass is 10.0. The molecule has 2 heterocycles. The topological polar surface area (TPSA) is 28.2 Å². The third kappa shape index (κ3) is 4.20. The molecule has 0 bridgehead atoms. The summed E-state index contributed by atoms with van der Waals surface area (Å²) < 4.78 is 0. The molecule has 112 valence electrons. The predicted molar refractivity (Wildman–Crippen MR) is 86.2 cm³/mol. The van der Waals surface area contributed by atoms with Gasteiger partial charge in [-0.2, -0.15) is 0 Å². The summed E-state index contributed by atoms with van der Waals surface area (Å²) in [7, 11) is 0. The molecule has 1 atom stereocenters. The van der Waals surface area contributed by atoms with Crippen LogP contribution in [0.3, 0.4) is 0 Å². The summed E-state index contributed by atoms with van der Waals surface area (Å²) >= 11 is 0. The molecular formula is C17H29N3. The highest BCUT2D eigenvalue weighted by atomic mass is 15.2. The minimum absolute atomic E-state index is 0.857. The van der Waals surface area contributed by atoms with Crippen LogP contribution in [-0.2, 0) is 13.0 Å². The number of nitrogens with zero attached hydrogens (tertiary/aromatic N) is 2. The van der Waals surface area contributed by atoms with Crippen molar-refractivity contribution in [2.75, 3.05) is 24.5 Å². The van der Waals surface area contributed by atoms with E-state index in [9.17, 15) is 0 Å². The Morgan fingerprint density at radius 2 is 2.10 bits per heavy atom. The van der Waals surface area contributed by atoms with E-state index in [4.69, 9.17) is 4.98 Å². The zero-order valence-electron chi connectivity index (χ0n) is 13.3. The first kappa shape index (κ1) is 15.3. The lowest BCUT2D eigenvalue weighted by molar-refractivity contribution is 0.521. The van der Waals surface area contributed by atoms with Crippen molar-refractivity contribution in [3.8, 4) is 0 Å². The van der Waals surface area contributed by atoms with Gasteiger partial charge in [0.15, 0.2) is 0 Å². The van der Waals surface area contributed by atoms with Gasteiger partial charge in [-0.1, -0.05) is 20.8 Å². The van der Waals surface area contributed by atoms with Gasteiger partial charge in [0, 0.05) is 25.3 Å². The van der Waals surface area contributed by atoms with Crippen LogP contribution in [0.4, 0.5) is 5.82 Å². The summed E-state index contributed by atoms with van der Waals surface area (Å²) in [6.07, 6.45) is 4.95. The Morgan fingerprint density at radius 3 is 2.85 bits per heavy atom. The molecule has 1 aliphatic heterocycles. The molecule has 0 aliphatic carbocycles. The van der Waals surface area contributed by atoms with Crippen molar-refractivity contribution >= 4 is 5.82 Å². The van der Waals surface area contributed by atoms with Gasteiger partial charge < -0.3 is 10.2 Å². The molecule has 1 aromatic heterocycles. The summed E-state index contributed by atoms with van der Waals surface area (Å²) in [5.74, 6) is 2.04. The second-order valence-corrected chi connectivity index (χ2v) is 5.98. The fourth-order valence-electron chi connectivity index (χ4n) is 2.84. The number of anilines is 1. The van der Waals surface area contributed by atoms with E-state index in [1.165, 1.54) is 36.3 Å². The Bertz CT molecular complexity index is 417. The lowest BCUT2D eigenvalue weighted by Gasteiger charge is -2.23. The zero-order chi connectivity index (χ0) is 14.4. The van der Waals surface area contributed by atoms with Crippen molar-refractivity contribution in [2.45, 2.75) is 53.0 Å². The lowest BCUT2D eigenvalue weighted by Crippen LogP contribution is -2.26. The summed E-state index contributed by atoms with van der Waals surface area (Å²) in [6.45, 7) is 11.0. The Hall–Kier alpha value is -1.09. The molecule has 0 radical (unpaired) electrons. The van der Waals surface area contributed by atoms with Crippen LogP contribution in [0.5, 0.6) is 0 Å². The third-order valence-electron chi connectivity index (χ3n) is 4.21. The average molecular weight is 275 g/mol. The van der Waals surface area contributed by atoms with Crippen LogP contribution in [0.15, 0.2) is 12.1 Å². The summed E-state index contributed by atoms with van der Waals surface area (Å²) in [5, 5.41) is 3.42. The van der Waals surface area contributed by atoms with Gasteiger partial charge in [0.25, 0.3) is 0 Å². The Morgan fingerprint density at radius 1 is 1.25 bits per heavy atom. The van der Waals surface area contributed by atoms with E-state index in [0.717, 1.165) is 38.5 Å². The highest BCUT2D eigenvalue weighted by molar-refractivity contribution is 5.43. The van der Waals surface area contributed by atoms with Crippen molar-refractivity contribution < 1.29 is 0 Å². The van der Waals surface area contributed by atoms with Gasteiger partial charge in [0.1, 0.15) is 5.82 Å². The second-order valence-electron chi connectivity index (χ2n) is 5.98. The molecule has 2 rings (SSSR count). The van der Waals surface area contributed by atoms with Crippen molar-refractivity contribution in [3.05, 3.63) is 23.4 Å². The van der Waals surface area contributed by atoms with Crippen LogP contribution in [0.25, 0.3) is 0 Å². The molecule has 3 nitrogen and oxygen atoms in total. The number of hydrogen-bond donors (Lipinski definition) is 1. The van der Waals surface area contributed by atoms with E-state index in [1.807, 2.05) is 0 Å². The van der Waals surface area contributed by atoms with Gasteiger partial charge in [-0.3, -0.25) is 0 Å². The molecule has 1 unspecified atom stereocenters. The number of aryl methyl sites for hydroxylation is 1. The molecule has 3 heteroatoms. The molecule has 1 N–H and O–H groups in total. The van der Waals surface area contributed by atoms with Gasteiger partial charge >= 0.3 is 0 Å². The zero-order valence-corrected chi connectivity index (χ0v) is 13.3. The Kier molecular flexibility index (Phi) is 5.84. The smallest absolute Gasteiger partial charge is 0.129 e. The number of pyridine rings is 1. The first-order valence-electron chi connectivity index (χ1n) is 8.18. The van der Waals surface area contributed by atoms with Gasteiger partial charge in [0.05, 0.1) is 0 Å². The number of rotatable bonds is 5. The Labute approximate surface area is 123 Å². The Balaban J connectivity index is 2.16. The monoisotopic (exact) mass is 275 g/mol. The predicted octanol–water partition coefficient (Wildman–Crippen LogP) is 3.38. The molecule has 0 amide bonds. The van der Waals surface area contributed by atoms with E-state index < -0.39 is 0 Å². The number of hydrogen-bond acceptors (Lipinski definition) is 3. The quantitative estimate of drug-likeness (QED) is 0.893. The SMILES string of the molecule is CCNCc1cc(CC)nc(N2CCCC(C)CC2)c1. The van der Waals surface area contributed by atoms with E-state index in [0.29, 0.717) is 0 Å².